The zero-order chi connectivity index (χ0) is 20.9. The van der Waals surface area contributed by atoms with Crippen LogP contribution in [-0.4, -0.2) is 17.1 Å². The van der Waals surface area contributed by atoms with E-state index in [1.165, 1.54) is 29.1 Å². The summed E-state index contributed by atoms with van der Waals surface area (Å²) in [4.78, 5) is 20.9. The molecule has 1 amide bonds. The van der Waals surface area contributed by atoms with Crippen LogP contribution in [0.2, 0.25) is 0 Å². The molecule has 6 heteroatoms. The van der Waals surface area contributed by atoms with Gasteiger partial charge in [0.25, 0.3) is 5.91 Å². The first-order valence-corrected chi connectivity index (χ1v) is 12.5. The molecule has 1 aliphatic carbocycles. The van der Waals surface area contributed by atoms with Crippen molar-refractivity contribution >= 4 is 44.9 Å². The van der Waals surface area contributed by atoms with E-state index in [1.54, 1.807) is 11.8 Å². The van der Waals surface area contributed by atoms with Gasteiger partial charge in [0.15, 0.2) is 0 Å². The molecule has 0 spiro atoms. The number of aromatic nitrogens is 1. The molecule has 2 aromatic carbocycles. The van der Waals surface area contributed by atoms with Crippen LogP contribution in [0, 0.1) is 0 Å². The highest BCUT2D eigenvalue weighted by molar-refractivity contribution is 7.98. The number of fused-ring (bicyclic) bond motifs is 3. The highest BCUT2D eigenvalue weighted by atomic mass is 32.2. The smallest absolute Gasteiger partial charge is 0.265 e. The quantitative estimate of drug-likeness (QED) is 0.358. The van der Waals surface area contributed by atoms with Crippen molar-refractivity contribution in [1.29, 1.82) is 0 Å². The summed E-state index contributed by atoms with van der Waals surface area (Å²) in [6, 6.07) is 21.0. The Hall–Kier alpha value is -2.83. The minimum absolute atomic E-state index is 0.0392. The molecule has 31 heavy (non-hydrogen) atoms. The van der Waals surface area contributed by atoms with Crippen LogP contribution < -0.4 is 10.6 Å². The second kappa shape index (κ2) is 7.39. The maximum atomic E-state index is 13.1. The zero-order valence-electron chi connectivity index (χ0n) is 17.0. The number of carbonyl (C=O) groups is 1. The fourth-order valence-electron chi connectivity index (χ4n) is 4.19. The van der Waals surface area contributed by atoms with E-state index in [4.69, 9.17) is 4.98 Å². The lowest BCUT2D eigenvalue weighted by Gasteiger charge is -2.27. The number of rotatable bonds is 4. The Morgan fingerprint density at radius 3 is 2.52 bits per heavy atom. The topological polar surface area (TPSA) is 54.0 Å². The third-order valence-electron chi connectivity index (χ3n) is 5.98. The molecule has 4 nitrogen and oxygen atoms in total. The van der Waals surface area contributed by atoms with E-state index in [2.05, 4.69) is 71.5 Å². The van der Waals surface area contributed by atoms with Crippen molar-refractivity contribution in [3.05, 3.63) is 76.8 Å². The Morgan fingerprint density at radius 1 is 1.03 bits per heavy atom. The number of nitrogens with one attached hydrogen (secondary N) is 2. The van der Waals surface area contributed by atoms with Crippen LogP contribution in [0.15, 0.2) is 65.6 Å². The van der Waals surface area contributed by atoms with Gasteiger partial charge in [0.05, 0.1) is 5.69 Å². The predicted molar refractivity (Wildman–Crippen MR) is 129 cm³/mol. The largest absolute Gasteiger partial charge is 0.360 e. The fourth-order valence-corrected chi connectivity index (χ4v) is 5.67. The molecule has 1 aliphatic heterocycles. The van der Waals surface area contributed by atoms with Gasteiger partial charge in [-0.25, -0.2) is 4.98 Å². The molecule has 0 radical (unpaired) electrons. The molecule has 6 rings (SSSR count). The highest BCUT2D eigenvalue weighted by Gasteiger charge is 2.32. The molecule has 1 fully saturated rings. The van der Waals surface area contributed by atoms with Gasteiger partial charge in [-0.3, -0.25) is 4.79 Å². The van der Waals surface area contributed by atoms with Crippen molar-refractivity contribution in [3.8, 4) is 11.1 Å². The van der Waals surface area contributed by atoms with Gasteiger partial charge in [-0.1, -0.05) is 42.5 Å². The van der Waals surface area contributed by atoms with Crippen molar-refractivity contribution in [1.82, 2.24) is 10.3 Å². The van der Waals surface area contributed by atoms with E-state index in [9.17, 15) is 4.79 Å². The second-order valence-corrected chi connectivity index (χ2v) is 9.92. The van der Waals surface area contributed by atoms with E-state index in [0.29, 0.717) is 10.8 Å². The van der Waals surface area contributed by atoms with Gasteiger partial charge < -0.3 is 10.6 Å². The SMILES string of the molecule is CSc1ccc([C@H]2NC(=O)c3sc4nc(C5CC5)cc(-c5ccccc5)c4c3N2)cc1. The van der Waals surface area contributed by atoms with Gasteiger partial charge in [0, 0.05) is 21.9 Å². The molecule has 4 aromatic rings. The Labute approximate surface area is 189 Å². The first-order valence-electron chi connectivity index (χ1n) is 10.5. The first-order chi connectivity index (χ1) is 15.2. The molecule has 2 aliphatic rings. The molecule has 1 atom stereocenters. The molecular weight excluding hydrogens is 422 g/mol. The number of thioether (sulfide) groups is 1. The van der Waals surface area contributed by atoms with Crippen LogP contribution in [0.4, 0.5) is 5.69 Å². The number of pyridine rings is 1. The van der Waals surface area contributed by atoms with Gasteiger partial charge in [-0.15, -0.1) is 23.1 Å². The minimum Gasteiger partial charge on any atom is -0.360 e. The van der Waals surface area contributed by atoms with E-state index in [-0.39, 0.29) is 12.1 Å². The predicted octanol–water partition coefficient (Wildman–Crippen LogP) is 6.42. The number of benzene rings is 2. The van der Waals surface area contributed by atoms with Crippen molar-refractivity contribution in [2.45, 2.75) is 29.8 Å². The standard InChI is InChI=1S/C25H21N3OS2/c1-30-17-11-9-16(10-12-17)23-27-21-20-18(14-5-3-2-4-6-14)13-19(15-7-8-15)26-25(20)31-22(21)24(29)28-23/h2-6,9-13,15,23,27H,7-8H2,1H3,(H,28,29)/t23-/m1/s1. The van der Waals surface area contributed by atoms with Crippen LogP contribution >= 0.6 is 23.1 Å². The lowest BCUT2D eigenvalue weighted by molar-refractivity contribution is 0.0940. The summed E-state index contributed by atoms with van der Waals surface area (Å²) in [6.07, 6.45) is 4.20. The molecule has 2 N–H and O–H groups in total. The maximum absolute atomic E-state index is 13.1. The fraction of sp³-hybridized carbons (Fsp3) is 0.200. The number of carbonyl (C=O) groups excluding carboxylic acids is 1. The van der Waals surface area contributed by atoms with E-state index >= 15 is 0 Å². The Balaban J connectivity index is 1.51. The lowest BCUT2D eigenvalue weighted by Crippen LogP contribution is -2.37. The van der Waals surface area contributed by atoms with Crippen LogP contribution in [0.3, 0.4) is 0 Å². The highest BCUT2D eigenvalue weighted by Crippen LogP contribution is 2.47. The summed E-state index contributed by atoms with van der Waals surface area (Å²) in [5.41, 5.74) is 5.40. The van der Waals surface area contributed by atoms with Crippen LogP contribution in [0.5, 0.6) is 0 Å². The third kappa shape index (κ3) is 3.30. The van der Waals surface area contributed by atoms with Gasteiger partial charge >= 0.3 is 0 Å². The third-order valence-corrected chi connectivity index (χ3v) is 7.81. The van der Waals surface area contributed by atoms with Gasteiger partial charge in [-0.2, -0.15) is 0 Å². The molecule has 0 unspecified atom stereocenters. The van der Waals surface area contributed by atoms with Crippen LogP contribution in [0.25, 0.3) is 21.3 Å². The first kappa shape index (κ1) is 18.9. The molecule has 3 heterocycles. The number of thiophene rings is 1. The van der Waals surface area contributed by atoms with Crippen molar-refractivity contribution in [2.75, 3.05) is 11.6 Å². The van der Waals surface area contributed by atoms with Gasteiger partial charge in [0.1, 0.15) is 15.9 Å². The number of nitrogens with zero attached hydrogens (tertiary/aromatic N) is 1. The molecule has 0 bridgehead atoms. The average Bonchev–Trinajstić information content (AvgIpc) is 3.60. The Kier molecular flexibility index (Phi) is 4.51. The molecule has 154 valence electrons. The normalized spacial score (nSPS) is 17.8. The lowest BCUT2D eigenvalue weighted by atomic mass is 9.99. The zero-order valence-corrected chi connectivity index (χ0v) is 18.6. The minimum atomic E-state index is -0.263. The number of amides is 1. The van der Waals surface area contributed by atoms with Crippen molar-refractivity contribution in [3.63, 3.8) is 0 Å². The van der Waals surface area contributed by atoms with Crippen molar-refractivity contribution in [2.24, 2.45) is 0 Å². The summed E-state index contributed by atoms with van der Waals surface area (Å²) in [6.45, 7) is 0. The van der Waals surface area contributed by atoms with Crippen LogP contribution in [0.1, 0.15) is 45.9 Å². The van der Waals surface area contributed by atoms with Gasteiger partial charge in [0.2, 0.25) is 0 Å². The number of anilines is 1. The summed E-state index contributed by atoms with van der Waals surface area (Å²) in [5, 5.41) is 7.78. The Bertz CT molecular complexity index is 1290. The second-order valence-electron chi connectivity index (χ2n) is 8.05. The number of hydrogen-bond donors (Lipinski definition) is 2. The van der Waals surface area contributed by atoms with E-state index in [0.717, 1.165) is 38.3 Å². The van der Waals surface area contributed by atoms with E-state index < -0.39 is 0 Å². The molecular formula is C25H21N3OS2. The molecule has 0 saturated heterocycles. The molecule has 1 saturated carbocycles. The molecule has 2 aromatic heterocycles. The monoisotopic (exact) mass is 443 g/mol. The summed E-state index contributed by atoms with van der Waals surface area (Å²) in [5.74, 6) is 0.512. The van der Waals surface area contributed by atoms with E-state index in [1.807, 2.05) is 6.07 Å². The van der Waals surface area contributed by atoms with Crippen molar-refractivity contribution < 1.29 is 4.79 Å². The summed E-state index contributed by atoms with van der Waals surface area (Å²) < 4.78 is 0. The van der Waals surface area contributed by atoms with Gasteiger partial charge in [-0.05, 0) is 54.0 Å². The summed E-state index contributed by atoms with van der Waals surface area (Å²) >= 11 is 3.20. The maximum Gasteiger partial charge on any atom is 0.265 e. The number of hydrogen-bond acceptors (Lipinski definition) is 5. The Morgan fingerprint density at radius 2 is 1.81 bits per heavy atom. The summed E-state index contributed by atoms with van der Waals surface area (Å²) in [7, 11) is 0. The average molecular weight is 444 g/mol. The van der Waals surface area contributed by atoms with Crippen LogP contribution in [-0.2, 0) is 0 Å².